The van der Waals surface area contributed by atoms with E-state index in [4.69, 9.17) is 4.42 Å². The highest BCUT2D eigenvalue weighted by molar-refractivity contribution is 5.87. The summed E-state index contributed by atoms with van der Waals surface area (Å²) in [4.78, 5) is 39.9. The molecule has 2 aliphatic rings. The molecule has 3 heterocycles. The Labute approximate surface area is 174 Å². The van der Waals surface area contributed by atoms with Crippen LogP contribution in [-0.2, 0) is 16.1 Å². The number of oxazole rings is 1. The Morgan fingerprint density at radius 3 is 2.93 bits per heavy atom. The van der Waals surface area contributed by atoms with Crippen LogP contribution >= 0.6 is 0 Å². The van der Waals surface area contributed by atoms with Gasteiger partial charge in [0.25, 0.3) is 0 Å². The first kappa shape index (κ1) is 20.6. The van der Waals surface area contributed by atoms with Gasteiger partial charge in [0, 0.05) is 19.1 Å². The summed E-state index contributed by atoms with van der Waals surface area (Å²) in [6.45, 7) is 3.11. The first-order valence-electron chi connectivity index (χ1n) is 10.5. The standard InChI is InChI=1S/C21H28N4O5/c1-14(26)11-22-19(28)21-8-4-5-9-24(21)12-15(10-21)23-18(27)13-25-16-6-2-3-7-17(16)30-20(25)29/h2-3,6-7,14-15,26H,4-5,8-13H2,1H3,(H,22,28)(H,23,27)/t14-,15+,21+/m1/s1. The van der Waals surface area contributed by atoms with E-state index in [-0.39, 0.29) is 30.9 Å². The predicted molar refractivity (Wildman–Crippen MR) is 110 cm³/mol. The number of para-hydroxylation sites is 2. The van der Waals surface area contributed by atoms with Gasteiger partial charge in [0.15, 0.2) is 5.58 Å². The van der Waals surface area contributed by atoms with Crippen molar-refractivity contribution in [2.24, 2.45) is 0 Å². The fraction of sp³-hybridized carbons (Fsp3) is 0.571. The summed E-state index contributed by atoms with van der Waals surface area (Å²) in [6, 6.07) is 6.81. The van der Waals surface area contributed by atoms with E-state index in [0.717, 1.165) is 25.8 Å². The van der Waals surface area contributed by atoms with Crippen LogP contribution in [0.2, 0.25) is 0 Å². The summed E-state index contributed by atoms with van der Waals surface area (Å²) in [5.74, 6) is -0.936. The molecule has 162 valence electrons. The third kappa shape index (κ3) is 3.87. The largest absolute Gasteiger partial charge is 0.420 e. The molecule has 30 heavy (non-hydrogen) atoms. The van der Waals surface area contributed by atoms with Gasteiger partial charge in [0.05, 0.1) is 11.6 Å². The van der Waals surface area contributed by atoms with Gasteiger partial charge in [-0.2, -0.15) is 0 Å². The molecule has 9 heteroatoms. The lowest BCUT2D eigenvalue weighted by Crippen LogP contribution is -2.58. The van der Waals surface area contributed by atoms with Gasteiger partial charge in [0.2, 0.25) is 11.8 Å². The van der Waals surface area contributed by atoms with Crippen molar-refractivity contribution in [3.05, 3.63) is 34.8 Å². The number of benzene rings is 1. The molecule has 3 N–H and O–H groups in total. The molecule has 0 saturated carbocycles. The molecule has 2 aliphatic heterocycles. The van der Waals surface area contributed by atoms with Gasteiger partial charge in [-0.15, -0.1) is 0 Å². The zero-order chi connectivity index (χ0) is 21.3. The Bertz CT molecular complexity index is 997. The maximum atomic E-state index is 13.0. The number of aliphatic hydroxyl groups excluding tert-OH is 1. The Kier molecular flexibility index (Phi) is 5.66. The Morgan fingerprint density at radius 1 is 1.33 bits per heavy atom. The highest BCUT2D eigenvalue weighted by Gasteiger charge is 2.52. The van der Waals surface area contributed by atoms with Gasteiger partial charge in [-0.05, 0) is 51.3 Å². The molecule has 4 rings (SSSR count). The summed E-state index contributed by atoms with van der Waals surface area (Å²) in [6.07, 6.45) is 2.61. The number of carbonyl (C=O) groups excluding carboxylic acids is 2. The van der Waals surface area contributed by atoms with Crippen molar-refractivity contribution in [3.8, 4) is 0 Å². The molecule has 0 radical (unpaired) electrons. The topological polar surface area (TPSA) is 117 Å². The average molecular weight is 416 g/mol. The van der Waals surface area contributed by atoms with E-state index < -0.39 is 17.4 Å². The van der Waals surface area contributed by atoms with Gasteiger partial charge >= 0.3 is 5.76 Å². The zero-order valence-electron chi connectivity index (χ0n) is 17.1. The molecule has 0 aliphatic carbocycles. The number of aliphatic hydroxyl groups is 1. The van der Waals surface area contributed by atoms with Crippen molar-refractivity contribution in [1.29, 1.82) is 0 Å². The summed E-state index contributed by atoms with van der Waals surface area (Å²) in [5, 5.41) is 15.4. The second kappa shape index (κ2) is 8.23. The van der Waals surface area contributed by atoms with Gasteiger partial charge in [-0.25, -0.2) is 4.79 Å². The van der Waals surface area contributed by atoms with Crippen LogP contribution in [0.3, 0.4) is 0 Å². The number of piperidine rings is 1. The summed E-state index contributed by atoms with van der Waals surface area (Å²) < 4.78 is 6.50. The molecular formula is C21H28N4O5. The molecule has 2 amide bonds. The van der Waals surface area contributed by atoms with Crippen LogP contribution in [0.4, 0.5) is 0 Å². The monoisotopic (exact) mass is 416 g/mol. The Morgan fingerprint density at radius 2 is 2.13 bits per heavy atom. The Balaban J connectivity index is 1.45. The van der Waals surface area contributed by atoms with Crippen LogP contribution in [0.5, 0.6) is 0 Å². The lowest BCUT2D eigenvalue weighted by Gasteiger charge is -2.40. The average Bonchev–Trinajstić information content (AvgIpc) is 3.24. The fourth-order valence-electron chi connectivity index (χ4n) is 4.76. The first-order valence-corrected chi connectivity index (χ1v) is 10.5. The molecule has 1 aromatic carbocycles. The second-order valence-electron chi connectivity index (χ2n) is 8.38. The summed E-state index contributed by atoms with van der Waals surface area (Å²) >= 11 is 0. The first-order chi connectivity index (χ1) is 14.4. The van der Waals surface area contributed by atoms with Crippen LogP contribution in [0.1, 0.15) is 32.6 Å². The van der Waals surface area contributed by atoms with E-state index in [1.165, 1.54) is 4.57 Å². The summed E-state index contributed by atoms with van der Waals surface area (Å²) in [7, 11) is 0. The van der Waals surface area contributed by atoms with Crippen LogP contribution < -0.4 is 16.4 Å². The van der Waals surface area contributed by atoms with E-state index in [2.05, 4.69) is 15.5 Å². The molecule has 1 aromatic heterocycles. The third-order valence-electron chi connectivity index (χ3n) is 6.12. The van der Waals surface area contributed by atoms with Crippen LogP contribution in [0, 0.1) is 0 Å². The highest BCUT2D eigenvalue weighted by Crippen LogP contribution is 2.38. The van der Waals surface area contributed by atoms with Gasteiger partial charge in [-0.1, -0.05) is 12.1 Å². The number of nitrogens with one attached hydrogen (secondary N) is 2. The number of rotatable bonds is 6. The number of hydrogen-bond acceptors (Lipinski definition) is 6. The number of hydrogen-bond donors (Lipinski definition) is 3. The van der Waals surface area contributed by atoms with Crippen molar-refractivity contribution < 1.29 is 19.1 Å². The number of fused-ring (bicyclic) bond motifs is 2. The maximum Gasteiger partial charge on any atom is 0.420 e. The smallest absolute Gasteiger partial charge is 0.408 e. The molecule has 2 fully saturated rings. The van der Waals surface area contributed by atoms with Crippen molar-refractivity contribution in [2.45, 2.75) is 56.8 Å². The van der Waals surface area contributed by atoms with E-state index in [1.54, 1.807) is 31.2 Å². The number of nitrogens with zero attached hydrogens (tertiary/aromatic N) is 2. The third-order valence-corrected chi connectivity index (χ3v) is 6.12. The molecule has 0 unspecified atom stereocenters. The van der Waals surface area contributed by atoms with Gasteiger partial charge in [-0.3, -0.25) is 19.1 Å². The van der Waals surface area contributed by atoms with E-state index in [9.17, 15) is 19.5 Å². The Hall–Kier alpha value is -2.65. The van der Waals surface area contributed by atoms with Crippen molar-refractivity contribution >= 4 is 22.9 Å². The lowest BCUT2D eigenvalue weighted by atomic mass is 9.84. The second-order valence-corrected chi connectivity index (χ2v) is 8.38. The SMILES string of the molecule is C[C@@H](O)CNC(=O)[C@@]12CCCCN1C[C@@H](NC(=O)Cn1c(=O)oc3ccccc31)C2. The molecule has 0 bridgehead atoms. The number of amides is 2. The minimum absolute atomic E-state index is 0.0862. The fourth-order valence-corrected chi connectivity index (χ4v) is 4.76. The van der Waals surface area contributed by atoms with Gasteiger partial charge < -0.3 is 20.2 Å². The number of aromatic nitrogens is 1. The maximum absolute atomic E-state index is 13.0. The summed E-state index contributed by atoms with van der Waals surface area (Å²) in [5.41, 5.74) is 0.377. The molecular weight excluding hydrogens is 388 g/mol. The number of carbonyl (C=O) groups is 2. The highest BCUT2D eigenvalue weighted by atomic mass is 16.4. The molecule has 0 spiro atoms. The van der Waals surface area contributed by atoms with E-state index in [1.807, 2.05) is 0 Å². The van der Waals surface area contributed by atoms with E-state index >= 15 is 0 Å². The zero-order valence-corrected chi connectivity index (χ0v) is 17.1. The van der Waals surface area contributed by atoms with Crippen LogP contribution in [0.25, 0.3) is 11.1 Å². The quantitative estimate of drug-likeness (QED) is 0.620. The molecule has 9 nitrogen and oxygen atoms in total. The molecule has 3 atom stereocenters. The predicted octanol–water partition coefficient (Wildman–Crippen LogP) is 0.205. The molecule has 2 aromatic rings. The van der Waals surface area contributed by atoms with Crippen molar-refractivity contribution in [2.75, 3.05) is 19.6 Å². The lowest BCUT2D eigenvalue weighted by molar-refractivity contribution is -0.134. The molecule has 2 saturated heterocycles. The van der Waals surface area contributed by atoms with Crippen molar-refractivity contribution in [1.82, 2.24) is 20.1 Å². The van der Waals surface area contributed by atoms with Crippen LogP contribution in [0.15, 0.2) is 33.5 Å². The minimum atomic E-state index is -0.649. The van der Waals surface area contributed by atoms with Crippen LogP contribution in [-0.4, -0.2) is 63.7 Å². The van der Waals surface area contributed by atoms with Gasteiger partial charge in [0.1, 0.15) is 12.1 Å². The normalized spacial score (nSPS) is 25.1. The minimum Gasteiger partial charge on any atom is -0.408 e. The van der Waals surface area contributed by atoms with Crippen molar-refractivity contribution in [3.63, 3.8) is 0 Å². The van der Waals surface area contributed by atoms with E-state index in [0.29, 0.717) is 24.1 Å².